The van der Waals surface area contributed by atoms with Gasteiger partial charge in [0.25, 0.3) is 0 Å². The van der Waals surface area contributed by atoms with Crippen molar-refractivity contribution in [1.82, 2.24) is 15.1 Å². The third-order valence-electron chi connectivity index (χ3n) is 5.35. The lowest BCUT2D eigenvalue weighted by Gasteiger charge is -2.36. The highest BCUT2D eigenvalue weighted by Crippen LogP contribution is 2.49. The average molecular weight is 464 g/mol. The largest absolute Gasteiger partial charge is 0.450 e. The number of halogens is 1. The molecule has 0 bridgehead atoms. The number of guanidine groups is 1. The van der Waals surface area contributed by atoms with Crippen LogP contribution in [0.4, 0.5) is 4.79 Å². The van der Waals surface area contributed by atoms with E-state index in [0.29, 0.717) is 19.7 Å². The monoisotopic (exact) mass is 464 g/mol. The Bertz CT molecular complexity index is 446. The third kappa shape index (κ3) is 5.89. The minimum absolute atomic E-state index is 0. The van der Waals surface area contributed by atoms with Gasteiger partial charge in [-0.05, 0) is 57.3 Å². The van der Waals surface area contributed by atoms with E-state index in [1.54, 1.807) is 4.90 Å². The molecule has 6 nitrogen and oxygen atoms in total. The van der Waals surface area contributed by atoms with Crippen molar-refractivity contribution in [2.24, 2.45) is 22.7 Å². The van der Waals surface area contributed by atoms with Crippen LogP contribution in [0.5, 0.6) is 0 Å². The lowest BCUT2D eigenvalue weighted by atomic mass is 9.98. The van der Waals surface area contributed by atoms with Crippen molar-refractivity contribution in [2.45, 2.75) is 39.5 Å². The number of carbonyl (C=O) groups is 1. The fourth-order valence-corrected chi connectivity index (χ4v) is 3.67. The van der Waals surface area contributed by atoms with Crippen molar-refractivity contribution in [3.05, 3.63) is 0 Å². The van der Waals surface area contributed by atoms with Gasteiger partial charge < -0.3 is 19.9 Å². The van der Waals surface area contributed by atoms with Crippen molar-refractivity contribution < 1.29 is 9.53 Å². The highest BCUT2D eigenvalue weighted by Gasteiger charge is 2.41. The van der Waals surface area contributed by atoms with E-state index in [1.165, 1.54) is 25.7 Å². The molecule has 0 aromatic heterocycles. The summed E-state index contributed by atoms with van der Waals surface area (Å²) in [5.74, 6) is 3.70. The Morgan fingerprint density at radius 3 is 2.12 bits per heavy atom. The lowest BCUT2D eigenvalue weighted by Crippen LogP contribution is -2.54. The predicted molar refractivity (Wildman–Crippen MR) is 110 cm³/mol. The molecule has 3 aliphatic rings. The third-order valence-corrected chi connectivity index (χ3v) is 5.35. The van der Waals surface area contributed by atoms with Crippen LogP contribution >= 0.6 is 24.0 Å². The fraction of sp³-hybridized carbons (Fsp3) is 0.889. The van der Waals surface area contributed by atoms with Crippen LogP contribution in [-0.2, 0) is 4.74 Å². The minimum atomic E-state index is -0.193. The molecular weight excluding hydrogens is 431 g/mol. The van der Waals surface area contributed by atoms with Crippen LogP contribution in [0.25, 0.3) is 0 Å². The Morgan fingerprint density at radius 2 is 1.64 bits per heavy atom. The summed E-state index contributed by atoms with van der Waals surface area (Å²) >= 11 is 0. The maximum Gasteiger partial charge on any atom is 0.409 e. The van der Waals surface area contributed by atoms with Gasteiger partial charge in [0.15, 0.2) is 5.96 Å². The molecule has 3 fully saturated rings. The van der Waals surface area contributed by atoms with Crippen molar-refractivity contribution >= 4 is 36.0 Å². The summed E-state index contributed by atoms with van der Waals surface area (Å²) < 4.78 is 5.09. The summed E-state index contributed by atoms with van der Waals surface area (Å²) in [6.45, 7) is 9.31. The second kappa shape index (κ2) is 9.83. The SMILES string of the molecule is CCNC(=NCC(C1CC1)C1CC1)N1CCN(C(=O)OCC)CC1.I. The standard InChI is InChI=1S/C18H32N4O2.HI/c1-3-19-17(20-13-16(14-5-6-14)15-7-8-15)21-9-11-22(12-10-21)18(23)24-4-2;/h14-16H,3-13H2,1-2H3,(H,19,20);1H. The summed E-state index contributed by atoms with van der Waals surface area (Å²) in [4.78, 5) is 20.9. The van der Waals surface area contributed by atoms with E-state index in [1.807, 2.05) is 6.92 Å². The van der Waals surface area contributed by atoms with Gasteiger partial charge in [0.05, 0.1) is 6.61 Å². The van der Waals surface area contributed by atoms with E-state index in [2.05, 4.69) is 17.1 Å². The molecule has 1 amide bonds. The van der Waals surface area contributed by atoms with Crippen LogP contribution in [-0.4, -0.2) is 67.7 Å². The van der Waals surface area contributed by atoms with Crippen LogP contribution < -0.4 is 5.32 Å². The van der Waals surface area contributed by atoms with E-state index in [4.69, 9.17) is 9.73 Å². The van der Waals surface area contributed by atoms with E-state index in [0.717, 1.165) is 49.9 Å². The number of nitrogens with one attached hydrogen (secondary N) is 1. The first-order valence-electron chi connectivity index (χ1n) is 9.67. The van der Waals surface area contributed by atoms with Gasteiger partial charge in [-0.15, -0.1) is 24.0 Å². The number of hydrogen-bond acceptors (Lipinski definition) is 3. The zero-order chi connectivity index (χ0) is 16.9. The number of carbonyl (C=O) groups excluding carboxylic acids is 1. The van der Waals surface area contributed by atoms with E-state index >= 15 is 0 Å². The van der Waals surface area contributed by atoms with Crippen LogP contribution in [0.2, 0.25) is 0 Å². The summed E-state index contributed by atoms with van der Waals surface area (Å²) in [6.07, 6.45) is 5.44. The van der Waals surface area contributed by atoms with E-state index < -0.39 is 0 Å². The quantitative estimate of drug-likeness (QED) is 0.373. The maximum absolute atomic E-state index is 11.8. The lowest BCUT2D eigenvalue weighted by molar-refractivity contribution is 0.0914. The minimum Gasteiger partial charge on any atom is -0.450 e. The summed E-state index contributed by atoms with van der Waals surface area (Å²) in [6, 6.07) is 0. The van der Waals surface area contributed by atoms with Crippen molar-refractivity contribution in [2.75, 3.05) is 45.9 Å². The molecule has 7 heteroatoms. The topological polar surface area (TPSA) is 57.2 Å². The second-order valence-corrected chi connectivity index (χ2v) is 7.21. The number of piperazine rings is 1. The fourth-order valence-electron chi connectivity index (χ4n) is 3.67. The summed E-state index contributed by atoms with van der Waals surface area (Å²) in [5, 5.41) is 3.44. The number of aliphatic imine (C=N–C) groups is 1. The van der Waals surface area contributed by atoms with Gasteiger partial charge in [-0.25, -0.2) is 4.79 Å². The van der Waals surface area contributed by atoms with Gasteiger partial charge >= 0.3 is 6.09 Å². The average Bonchev–Trinajstić information content (AvgIpc) is 3.48. The molecule has 0 spiro atoms. The summed E-state index contributed by atoms with van der Waals surface area (Å²) in [7, 11) is 0. The van der Waals surface area contributed by atoms with Gasteiger partial charge in [0, 0.05) is 39.3 Å². The van der Waals surface area contributed by atoms with Crippen molar-refractivity contribution in [3.63, 3.8) is 0 Å². The Labute approximate surface area is 168 Å². The molecule has 3 rings (SSSR count). The molecule has 0 aromatic rings. The molecule has 2 aliphatic carbocycles. The van der Waals surface area contributed by atoms with Crippen LogP contribution in [0.3, 0.4) is 0 Å². The van der Waals surface area contributed by atoms with Crippen LogP contribution in [0.1, 0.15) is 39.5 Å². The molecule has 25 heavy (non-hydrogen) atoms. The molecule has 144 valence electrons. The zero-order valence-electron chi connectivity index (χ0n) is 15.6. The molecule has 1 N–H and O–H groups in total. The number of hydrogen-bond donors (Lipinski definition) is 1. The molecule has 0 atom stereocenters. The van der Waals surface area contributed by atoms with Gasteiger partial charge in [0.1, 0.15) is 0 Å². The molecule has 2 saturated carbocycles. The highest BCUT2D eigenvalue weighted by atomic mass is 127. The Morgan fingerprint density at radius 1 is 1.08 bits per heavy atom. The molecule has 0 unspecified atom stereocenters. The zero-order valence-corrected chi connectivity index (χ0v) is 17.9. The Balaban J connectivity index is 0.00000225. The smallest absolute Gasteiger partial charge is 0.409 e. The molecule has 1 aliphatic heterocycles. The molecule has 1 saturated heterocycles. The molecular formula is C18H33IN4O2. The van der Waals surface area contributed by atoms with E-state index in [9.17, 15) is 4.79 Å². The first kappa shape index (κ1) is 20.6. The predicted octanol–water partition coefficient (Wildman–Crippen LogP) is 2.78. The number of amides is 1. The first-order chi connectivity index (χ1) is 11.7. The Kier molecular flexibility index (Phi) is 8.09. The first-order valence-corrected chi connectivity index (χ1v) is 9.67. The molecule has 0 aromatic carbocycles. The van der Waals surface area contributed by atoms with Gasteiger partial charge in [-0.3, -0.25) is 4.99 Å². The van der Waals surface area contributed by atoms with E-state index in [-0.39, 0.29) is 30.1 Å². The number of rotatable bonds is 6. The normalized spacial score (nSPS) is 21.2. The van der Waals surface area contributed by atoms with Crippen LogP contribution in [0, 0.1) is 17.8 Å². The van der Waals surface area contributed by atoms with Crippen molar-refractivity contribution in [1.29, 1.82) is 0 Å². The van der Waals surface area contributed by atoms with Gasteiger partial charge in [-0.1, -0.05) is 0 Å². The van der Waals surface area contributed by atoms with Crippen LogP contribution in [0.15, 0.2) is 4.99 Å². The second-order valence-electron chi connectivity index (χ2n) is 7.21. The van der Waals surface area contributed by atoms with Gasteiger partial charge in [0.2, 0.25) is 0 Å². The molecule has 1 heterocycles. The molecule has 0 radical (unpaired) electrons. The number of nitrogens with zero attached hydrogens (tertiary/aromatic N) is 3. The van der Waals surface area contributed by atoms with Crippen molar-refractivity contribution in [3.8, 4) is 0 Å². The van der Waals surface area contributed by atoms with Gasteiger partial charge in [-0.2, -0.15) is 0 Å². The summed E-state index contributed by atoms with van der Waals surface area (Å²) in [5.41, 5.74) is 0. The Hall–Kier alpha value is -0.730. The highest BCUT2D eigenvalue weighted by molar-refractivity contribution is 14.0. The maximum atomic E-state index is 11.8. The number of ether oxygens (including phenoxy) is 1.